The fraction of sp³-hybridized carbons (Fsp3) is 0.786. The zero-order valence-electron chi connectivity index (χ0n) is 12.4. The van der Waals surface area contributed by atoms with E-state index in [1.165, 1.54) is 28.4 Å². The molecule has 2 heterocycles. The Morgan fingerprint density at radius 3 is 2.81 bits per heavy atom. The van der Waals surface area contributed by atoms with Crippen molar-refractivity contribution in [2.24, 2.45) is 12.5 Å². The largest absolute Gasteiger partial charge is 0.391 e. The number of piperidine rings is 1. The first-order valence-electron chi connectivity index (χ1n) is 7.53. The van der Waals surface area contributed by atoms with Gasteiger partial charge in [0.2, 0.25) is 5.91 Å². The lowest BCUT2D eigenvalue weighted by Crippen LogP contribution is -2.52. The molecule has 0 bridgehead atoms. The molecular weight excluding hydrogens is 272 g/mol. The van der Waals surface area contributed by atoms with Crippen LogP contribution in [0.1, 0.15) is 32.1 Å². The minimum atomic E-state index is -0.457. The Labute approximate surface area is 123 Å². The van der Waals surface area contributed by atoms with Crippen molar-refractivity contribution in [1.29, 1.82) is 0 Å². The summed E-state index contributed by atoms with van der Waals surface area (Å²) in [6.45, 7) is 1.01. The van der Waals surface area contributed by atoms with E-state index in [2.05, 4.69) is 5.10 Å². The molecule has 2 fully saturated rings. The number of aliphatic hydroxyl groups excluding tert-OH is 1. The molecule has 3 rings (SSSR count). The molecular formula is C14H22N4O3. The van der Waals surface area contributed by atoms with E-state index in [-0.39, 0.29) is 23.6 Å². The van der Waals surface area contributed by atoms with Gasteiger partial charge in [-0.05, 0) is 24.7 Å². The Kier molecular flexibility index (Phi) is 3.61. The molecule has 1 aliphatic heterocycles. The molecule has 7 heteroatoms. The Hall–Kier alpha value is -1.63. The molecule has 1 saturated heterocycles. The SMILES string of the molecule is Cn1cnn(CC(=O)N2CC(O)CC3(CCCC3)C2)c1=O. The Balaban J connectivity index is 1.72. The Bertz CT molecular complexity index is 585. The predicted molar refractivity (Wildman–Crippen MR) is 75.6 cm³/mol. The minimum absolute atomic E-state index is 0.0531. The molecule has 2 aliphatic rings. The van der Waals surface area contributed by atoms with Gasteiger partial charge in [-0.1, -0.05) is 12.8 Å². The number of aromatic nitrogens is 3. The third-order valence-corrected chi connectivity index (χ3v) is 4.81. The highest BCUT2D eigenvalue weighted by Gasteiger charge is 2.42. The van der Waals surface area contributed by atoms with Crippen LogP contribution in [0.5, 0.6) is 0 Å². The maximum absolute atomic E-state index is 12.4. The molecule has 21 heavy (non-hydrogen) atoms. The number of amides is 1. The second-order valence-corrected chi connectivity index (χ2v) is 6.52. The highest BCUT2D eigenvalue weighted by atomic mass is 16.3. The van der Waals surface area contributed by atoms with Gasteiger partial charge in [-0.2, -0.15) is 5.10 Å². The first kappa shape index (κ1) is 14.3. The van der Waals surface area contributed by atoms with Gasteiger partial charge < -0.3 is 10.0 Å². The van der Waals surface area contributed by atoms with Crippen LogP contribution in [0.2, 0.25) is 0 Å². The van der Waals surface area contributed by atoms with Gasteiger partial charge >= 0.3 is 5.69 Å². The van der Waals surface area contributed by atoms with Crippen LogP contribution < -0.4 is 5.69 Å². The van der Waals surface area contributed by atoms with Gasteiger partial charge in [-0.25, -0.2) is 9.48 Å². The third-order valence-electron chi connectivity index (χ3n) is 4.81. The van der Waals surface area contributed by atoms with Gasteiger partial charge in [-0.3, -0.25) is 9.36 Å². The van der Waals surface area contributed by atoms with E-state index in [9.17, 15) is 14.7 Å². The Morgan fingerprint density at radius 2 is 2.19 bits per heavy atom. The molecule has 1 saturated carbocycles. The second-order valence-electron chi connectivity index (χ2n) is 6.52. The standard InChI is InChI=1S/C14H22N4O3/c1-16-10-15-18(13(16)21)8-12(20)17-7-11(19)6-14(9-17)4-2-3-5-14/h10-11,19H,2-9H2,1H3. The molecule has 1 N–H and O–H groups in total. The highest BCUT2D eigenvalue weighted by molar-refractivity contribution is 5.76. The average Bonchev–Trinajstić information content (AvgIpc) is 3.00. The minimum Gasteiger partial charge on any atom is -0.391 e. The lowest BCUT2D eigenvalue weighted by molar-refractivity contribution is -0.139. The summed E-state index contributed by atoms with van der Waals surface area (Å²) in [5, 5.41) is 14.0. The lowest BCUT2D eigenvalue weighted by Gasteiger charge is -2.42. The number of hydrogen-bond donors (Lipinski definition) is 1. The van der Waals surface area contributed by atoms with Gasteiger partial charge in [0.25, 0.3) is 0 Å². The van der Waals surface area contributed by atoms with Crippen LogP contribution in [0.4, 0.5) is 0 Å². The summed E-state index contributed by atoms with van der Waals surface area (Å²) in [5.41, 5.74) is -0.209. The van der Waals surface area contributed by atoms with Crippen molar-refractivity contribution in [3.63, 3.8) is 0 Å². The van der Waals surface area contributed by atoms with Crippen molar-refractivity contribution >= 4 is 5.91 Å². The second kappa shape index (κ2) is 5.29. The van der Waals surface area contributed by atoms with Crippen molar-refractivity contribution in [2.75, 3.05) is 13.1 Å². The first-order valence-corrected chi connectivity index (χ1v) is 7.53. The molecule has 0 radical (unpaired) electrons. The van der Waals surface area contributed by atoms with E-state index in [1.54, 1.807) is 11.9 Å². The fourth-order valence-corrected chi connectivity index (χ4v) is 3.79. The number of likely N-dealkylation sites (tertiary alicyclic amines) is 1. The number of carbonyl (C=O) groups is 1. The maximum Gasteiger partial charge on any atom is 0.345 e. The fourth-order valence-electron chi connectivity index (χ4n) is 3.79. The molecule has 116 valence electrons. The van der Waals surface area contributed by atoms with Crippen molar-refractivity contribution in [1.82, 2.24) is 19.2 Å². The van der Waals surface area contributed by atoms with Gasteiger partial charge in [0.05, 0.1) is 6.10 Å². The summed E-state index contributed by atoms with van der Waals surface area (Å²) in [4.78, 5) is 25.9. The van der Waals surface area contributed by atoms with Gasteiger partial charge in [0.1, 0.15) is 12.9 Å². The number of β-amino-alcohol motifs (C(OH)–C–C–N with tert-alkyl or cyclic N) is 1. The van der Waals surface area contributed by atoms with Gasteiger partial charge in [-0.15, -0.1) is 0 Å². The van der Waals surface area contributed by atoms with E-state index in [0.717, 1.165) is 19.3 Å². The molecule has 1 atom stereocenters. The number of aryl methyl sites for hydroxylation is 1. The number of aliphatic hydroxyl groups is 1. The van der Waals surface area contributed by atoms with E-state index in [4.69, 9.17) is 0 Å². The van der Waals surface area contributed by atoms with Crippen LogP contribution in [0, 0.1) is 5.41 Å². The molecule has 0 aromatic carbocycles. The summed E-state index contributed by atoms with van der Waals surface area (Å²) in [5.74, 6) is -0.138. The maximum atomic E-state index is 12.4. The summed E-state index contributed by atoms with van der Waals surface area (Å²) in [6, 6.07) is 0. The van der Waals surface area contributed by atoms with E-state index in [1.807, 2.05) is 0 Å². The van der Waals surface area contributed by atoms with E-state index in [0.29, 0.717) is 13.1 Å². The van der Waals surface area contributed by atoms with Crippen LogP contribution >= 0.6 is 0 Å². The van der Waals surface area contributed by atoms with Crippen LogP contribution in [-0.2, 0) is 18.4 Å². The van der Waals surface area contributed by atoms with E-state index < -0.39 is 6.10 Å². The van der Waals surface area contributed by atoms with E-state index >= 15 is 0 Å². The molecule has 7 nitrogen and oxygen atoms in total. The number of rotatable bonds is 2. The summed E-state index contributed by atoms with van der Waals surface area (Å²) < 4.78 is 2.52. The first-order chi connectivity index (χ1) is 9.99. The molecule has 1 unspecified atom stereocenters. The molecule has 1 amide bonds. The molecule has 1 spiro atoms. The molecule has 1 aliphatic carbocycles. The Morgan fingerprint density at radius 1 is 1.48 bits per heavy atom. The van der Waals surface area contributed by atoms with Gasteiger partial charge in [0.15, 0.2) is 0 Å². The number of nitrogens with zero attached hydrogens (tertiary/aromatic N) is 4. The van der Waals surface area contributed by atoms with Crippen molar-refractivity contribution in [3.8, 4) is 0 Å². The van der Waals surface area contributed by atoms with Crippen molar-refractivity contribution in [2.45, 2.75) is 44.8 Å². The van der Waals surface area contributed by atoms with Crippen LogP contribution in [0.15, 0.2) is 11.1 Å². The van der Waals surface area contributed by atoms with Crippen LogP contribution in [0.25, 0.3) is 0 Å². The van der Waals surface area contributed by atoms with Gasteiger partial charge in [0, 0.05) is 20.1 Å². The quantitative estimate of drug-likeness (QED) is 0.814. The zero-order chi connectivity index (χ0) is 15.0. The highest BCUT2D eigenvalue weighted by Crippen LogP contribution is 2.44. The van der Waals surface area contributed by atoms with Crippen LogP contribution in [-0.4, -0.2) is 49.5 Å². The lowest BCUT2D eigenvalue weighted by atomic mass is 9.77. The summed E-state index contributed by atoms with van der Waals surface area (Å²) in [6.07, 6.45) is 6.25. The normalized spacial score (nSPS) is 24.7. The third kappa shape index (κ3) is 2.74. The van der Waals surface area contributed by atoms with Crippen molar-refractivity contribution in [3.05, 3.63) is 16.8 Å². The van der Waals surface area contributed by atoms with Crippen molar-refractivity contribution < 1.29 is 9.90 Å². The zero-order valence-corrected chi connectivity index (χ0v) is 12.4. The summed E-state index contributed by atoms with van der Waals surface area (Å²) in [7, 11) is 1.61. The molecule has 1 aromatic heterocycles. The monoisotopic (exact) mass is 294 g/mol. The average molecular weight is 294 g/mol. The number of carbonyl (C=O) groups excluding carboxylic acids is 1. The van der Waals surface area contributed by atoms with Crippen LogP contribution in [0.3, 0.4) is 0 Å². The number of hydrogen-bond acceptors (Lipinski definition) is 4. The topological polar surface area (TPSA) is 80.4 Å². The smallest absolute Gasteiger partial charge is 0.345 e. The predicted octanol–water partition coefficient (Wildman–Crippen LogP) is -0.265. The molecule has 1 aromatic rings. The summed E-state index contributed by atoms with van der Waals surface area (Å²) >= 11 is 0.